The van der Waals surface area contributed by atoms with Crippen LogP contribution in [0.2, 0.25) is 0 Å². The van der Waals surface area contributed by atoms with Gasteiger partial charge < -0.3 is 4.74 Å². The molecular weight excluding hydrogens is 140 g/mol. The quantitative estimate of drug-likeness (QED) is 0.555. The molecule has 0 saturated heterocycles. The number of rotatable bonds is 0. The number of aromatic nitrogens is 2. The molecule has 0 amide bonds. The second-order valence-corrected chi connectivity index (χ2v) is 2.98. The number of aryl methyl sites for hydroxylation is 1. The van der Waals surface area contributed by atoms with Crippen molar-refractivity contribution in [1.82, 2.24) is 9.78 Å². The maximum Gasteiger partial charge on any atom is 0.0988 e. The van der Waals surface area contributed by atoms with Crippen molar-refractivity contribution in [3.63, 3.8) is 0 Å². The topological polar surface area (TPSA) is 27.1 Å². The molecule has 60 valence electrons. The van der Waals surface area contributed by atoms with E-state index in [0.29, 0.717) is 0 Å². The number of fused-ring (bicyclic) bond motifs is 1. The van der Waals surface area contributed by atoms with Gasteiger partial charge in [0, 0.05) is 13.2 Å². The van der Waals surface area contributed by atoms with Crippen LogP contribution in [0.15, 0.2) is 6.20 Å². The summed E-state index contributed by atoms with van der Waals surface area (Å²) in [6, 6.07) is 0. The molecule has 0 bridgehead atoms. The number of hydrogen-bond acceptors (Lipinski definition) is 2. The van der Waals surface area contributed by atoms with Crippen molar-refractivity contribution >= 4 is 0 Å². The summed E-state index contributed by atoms with van der Waals surface area (Å²) in [5.41, 5.74) is 2.45. The van der Waals surface area contributed by atoms with Crippen molar-refractivity contribution in [2.45, 2.75) is 19.4 Å². The first kappa shape index (κ1) is 6.85. The van der Waals surface area contributed by atoms with E-state index < -0.39 is 0 Å². The van der Waals surface area contributed by atoms with Crippen molar-refractivity contribution in [3.8, 4) is 0 Å². The third kappa shape index (κ3) is 1.05. The zero-order chi connectivity index (χ0) is 7.84. The standard InChI is InChI=1S/C8H12N2O/c1-6-8-7(3-4-11-6)5-10(2)9-8/h5-6H,3-4H2,1-2H3. The van der Waals surface area contributed by atoms with Gasteiger partial charge in [-0.25, -0.2) is 0 Å². The van der Waals surface area contributed by atoms with Crippen LogP contribution < -0.4 is 0 Å². The lowest BCUT2D eigenvalue weighted by Crippen LogP contribution is -2.12. The van der Waals surface area contributed by atoms with Crippen molar-refractivity contribution in [2.24, 2.45) is 7.05 Å². The van der Waals surface area contributed by atoms with E-state index >= 15 is 0 Å². The third-order valence-corrected chi connectivity index (χ3v) is 2.06. The van der Waals surface area contributed by atoms with E-state index in [4.69, 9.17) is 4.74 Å². The zero-order valence-electron chi connectivity index (χ0n) is 6.87. The Balaban J connectivity index is 2.43. The van der Waals surface area contributed by atoms with Gasteiger partial charge in [0.1, 0.15) is 0 Å². The predicted molar refractivity (Wildman–Crippen MR) is 41.3 cm³/mol. The van der Waals surface area contributed by atoms with E-state index in [1.54, 1.807) is 0 Å². The van der Waals surface area contributed by atoms with Gasteiger partial charge >= 0.3 is 0 Å². The zero-order valence-corrected chi connectivity index (χ0v) is 6.87. The minimum absolute atomic E-state index is 0.181. The van der Waals surface area contributed by atoms with Crippen LogP contribution in [0.3, 0.4) is 0 Å². The minimum Gasteiger partial charge on any atom is -0.372 e. The molecule has 2 heterocycles. The molecule has 1 atom stereocenters. The fourth-order valence-corrected chi connectivity index (χ4v) is 1.51. The Hall–Kier alpha value is -0.830. The van der Waals surface area contributed by atoms with Gasteiger partial charge in [-0.3, -0.25) is 4.68 Å². The molecule has 0 radical (unpaired) electrons. The van der Waals surface area contributed by atoms with Crippen LogP contribution in [0.5, 0.6) is 0 Å². The van der Waals surface area contributed by atoms with Crippen LogP contribution in [0.4, 0.5) is 0 Å². The Kier molecular flexibility index (Phi) is 1.46. The predicted octanol–water partition coefficient (Wildman–Crippen LogP) is 1.05. The molecule has 0 aliphatic carbocycles. The van der Waals surface area contributed by atoms with E-state index in [1.807, 2.05) is 18.7 Å². The lowest BCUT2D eigenvalue weighted by atomic mass is 10.1. The molecule has 2 rings (SSSR count). The highest BCUT2D eigenvalue weighted by molar-refractivity contribution is 5.21. The first-order chi connectivity index (χ1) is 5.27. The Bertz CT molecular complexity index is 267. The summed E-state index contributed by atoms with van der Waals surface area (Å²) in [5, 5.41) is 4.32. The van der Waals surface area contributed by atoms with Gasteiger partial charge in [0.15, 0.2) is 0 Å². The molecule has 1 aliphatic heterocycles. The molecular formula is C8H12N2O. The first-order valence-electron chi connectivity index (χ1n) is 3.91. The van der Waals surface area contributed by atoms with Gasteiger partial charge in [0.2, 0.25) is 0 Å². The van der Waals surface area contributed by atoms with Crippen LogP contribution in [0.1, 0.15) is 24.3 Å². The number of nitrogens with zero attached hydrogens (tertiary/aromatic N) is 2. The Morgan fingerprint density at radius 2 is 2.55 bits per heavy atom. The maximum absolute atomic E-state index is 5.44. The molecule has 0 saturated carbocycles. The molecule has 3 heteroatoms. The van der Waals surface area contributed by atoms with Gasteiger partial charge in [-0.1, -0.05) is 0 Å². The molecule has 1 aliphatic rings. The highest BCUT2D eigenvalue weighted by Gasteiger charge is 2.19. The van der Waals surface area contributed by atoms with Gasteiger partial charge in [-0.05, 0) is 18.9 Å². The molecule has 0 N–H and O–H groups in total. The summed E-state index contributed by atoms with van der Waals surface area (Å²) in [6.45, 7) is 2.88. The van der Waals surface area contributed by atoms with Crippen LogP contribution >= 0.6 is 0 Å². The summed E-state index contributed by atoms with van der Waals surface area (Å²) in [6.07, 6.45) is 3.27. The molecule has 0 aromatic carbocycles. The van der Waals surface area contributed by atoms with Crippen LogP contribution in [0.25, 0.3) is 0 Å². The summed E-state index contributed by atoms with van der Waals surface area (Å²) >= 11 is 0. The lowest BCUT2D eigenvalue weighted by Gasteiger charge is -2.17. The highest BCUT2D eigenvalue weighted by atomic mass is 16.5. The largest absolute Gasteiger partial charge is 0.372 e. The van der Waals surface area contributed by atoms with E-state index in [-0.39, 0.29) is 6.10 Å². The second kappa shape index (κ2) is 2.34. The number of ether oxygens (including phenoxy) is 1. The van der Waals surface area contributed by atoms with Crippen LogP contribution in [-0.2, 0) is 18.2 Å². The fraction of sp³-hybridized carbons (Fsp3) is 0.625. The summed E-state index contributed by atoms with van der Waals surface area (Å²) in [7, 11) is 1.95. The van der Waals surface area contributed by atoms with Crippen LogP contribution in [0, 0.1) is 0 Å². The van der Waals surface area contributed by atoms with Gasteiger partial charge in [0.05, 0.1) is 18.4 Å². The van der Waals surface area contributed by atoms with E-state index in [2.05, 4.69) is 11.3 Å². The normalized spacial score (nSPS) is 23.3. The molecule has 0 spiro atoms. The second-order valence-electron chi connectivity index (χ2n) is 2.98. The highest BCUT2D eigenvalue weighted by Crippen LogP contribution is 2.24. The van der Waals surface area contributed by atoms with Crippen molar-refractivity contribution in [2.75, 3.05) is 6.61 Å². The van der Waals surface area contributed by atoms with Crippen molar-refractivity contribution < 1.29 is 4.74 Å². The Labute approximate surface area is 66.0 Å². The molecule has 0 fully saturated rings. The Morgan fingerprint density at radius 1 is 1.73 bits per heavy atom. The van der Waals surface area contributed by atoms with Gasteiger partial charge in [-0.2, -0.15) is 5.10 Å². The van der Waals surface area contributed by atoms with Gasteiger partial charge in [0.25, 0.3) is 0 Å². The average Bonchev–Trinajstić information content (AvgIpc) is 2.31. The van der Waals surface area contributed by atoms with Crippen LogP contribution in [-0.4, -0.2) is 16.4 Å². The van der Waals surface area contributed by atoms with Crippen molar-refractivity contribution in [3.05, 3.63) is 17.5 Å². The average molecular weight is 152 g/mol. The summed E-state index contributed by atoms with van der Waals surface area (Å²) in [4.78, 5) is 0. The number of hydrogen-bond donors (Lipinski definition) is 0. The fourth-order valence-electron chi connectivity index (χ4n) is 1.51. The van der Waals surface area contributed by atoms with Gasteiger partial charge in [-0.15, -0.1) is 0 Å². The molecule has 1 unspecified atom stereocenters. The van der Waals surface area contributed by atoms with E-state index in [0.717, 1.165) is 18.7 Å². The SMILES string of the molecule is CC1OCCc2cn(C)nc21. The lowest BCUT2D eigenvalue weighted by molar-refractivity contribution is 0.0525. The maximum atomic E-state index is 5.44. The molecule has 11 heavy (non-hydrogen) atoms. The summed E-state index contributed by atoms with van der Waals surface area (Å²) in [5.74, 6) is 0. The molecule has 3 nitrogen and oxygen atoms in total. The molecule has 1 aromatic heterocycles. The van der Waals surface area contributed by atoms with Crippen molar-refractivity contribution in [1.29, 1.82) is 0 Å². The minimum atomic E-state index is 0.181. The monoisotopic (exact) mass is 152 g/mol. The van der Waals surface area contributed by atoms with E-state index in [9.17, 15) is 0 Å². The Morgan fingerprint density at radius 3 is 3.27 bits per heavy atom. The molecule has 1 aromatic rings. The third-order valence-electron chi connectivity index (χ3n) is 2.06. The summed E-state index contributed by atoms with van der Waals surface area (Å²) < 4.78 is 7.30. The first-order valence-corrected chi connectivity index (χ1v) is 3.91. The smallest absolute Gasteiger partial charge is 0.0988 e. The van der Waals surface area contributed by atoms with E-state index in [1.165, 1.54) is 5.56 Å².